The fourth-order valence-corrected chi connectivity index (χ4v) is 5.79. The minimum absolute atomic E-state index is 0.0385. The van der Waals surface area contributed by atoms with Gasteiger partial charge in [-0.25, -0.2) is 0 Å². The molecule has 0 radical (unpaired) electrons. The Morgan fingerprint density at radius 3 is 2.32 bits per heavy atom. The first-order chi connectivity index (χ1) is 15.3. The summed E-state index contributed by atoms with van der Waals surface area (Å²) in [6.45, 7) is 4.55. The smallest absolute Gasteiger partial charge is 0.311 e. The number of ether oxygens (including phenoxy) is 3. The number of nitrogens with zero attached hydrogens (tertiary/aromatic N) is 1. The van der Waals surface area contributed by atoms with E-state index < -0.39 is 0 Å². The first-order valence-corrected chi connectivity index (χ1v) is 11.7. The molecule has 31 heavy (non-hydrogen) atoms. The third-order valence-corrected chi connectivity index (χ3v) is 6.97. The van der Waals surface area contributed by atoms with E-state index in [-0.39, 0.29) is 23.8 Å². The van der Waals surface area contributed by atoms with Crippen molar-refractivity contribution >= 4 is 5.97 Å². The van der Waals surface area contributed by atoms with Crippen molar-refractivity contribution in [3.63, 3.8) is 0 Å². The summed E-state index contributed by atoms with van der Waals surface area (Å²) in [5.41, 5.74) is 2.24. The van der Waals surface area contributed by atoms with Crippen molar-refractivity contribution in [3.8, 4) is 11.5 Å². The van der Waals surface area contributed by atoms with E-state index in [0.717, 1.165) is 54.9 Å². The number of rotatable bonds is 2. The van der Waals surface area contributed by atoms with Gasteiger partial charge in [-0.3, -0.25) is 9.69 Å². The van der Waals surface area contributed by atoms with Crippen molar-refractivity contribution in [2.75, 3.05) is 26.4 Å². The minimum atomic E-state index is -0.291. The molecule has 0 N–H and O–H groups in total. The van der Waals surface area contributed by atoms with Crippen LogP contribution in [0.25, 0.3) is 0 Å². The van der Waals surface area contributed by atoms with Gasteiger partial charge < -0.3 is 14.2 Å². The van der Waals surface area contributed by atoms with Crippen molar-refractivity contribution in [1.82, 2.24) is 4.90 Å². The van der Waals surface area contributed by atoms with Crippen LogP contribution in [-0.2, 0) is 9.53 Å². The van der Waals surface area contributed by atoms with Crippen LogP contribution in [0.5, 0.6) is 11.5 Å². The van der Waals surface area contributed by atoms with E-state index in [0.29, 0.717) is 25.9 Å². The van der Waals surface area contributed by atoms with Crippen LogP contribution in [0.15, 0.2) is 48.5 Å². The van der Waals surface area contributed by atoms with E-state index in [9.17, 15) is 4.79 Å². The summed E-state index contributed by atoms with van der Waals surface area (Å²) in [6, 6.07) is 16.8. The van der Waals surface area contributed by atoms with Gasteiger partial charge in [-0.05, 0) is 56.8 Å². The highest BCUT2D eigenvalue weighted by Gasteiger charge is 2.56. The molecular weight excluding hydrogens is 390 g/mol. The van der Waals surface area contributed by atoms with Gasteiger partial charge in [-0.15, -0.1) is 0 Å². The highest BCUT2D eigenvalue weighted by molar-refractivity contribution is 5.76. The Balaban J connectivity index is 1.69. The van der Waals surface area contributed by atoms with Crippen LogP contribution in [0.1, 0.15) is 55.7 Å². The standard InChI is InChI=1S/C26H31NO4/c1-2-29-26(28)24-23-18-10-3-5-13-21(18)30-16-7-8-17-31-22-14-6-4-11-19(22)25(24)27-15-9-12-20(23)27/h3-6,10-11,13-14,20,23-25H,2,7-9,12,15-17H2,1H3/t20-,23-,24+,25+/m0/s1. The summed E-state index contributed by atoms with van der Waals surface area (Å²) in [4.78, 5) is 16.0. The number of carbonyl (C=O) groups excluding carboxylic acids is 1. The molecule has 0 unspecified atom stereocenters. The van der Waals surface area contributed by atoms with E-state index in [1.807, 2.05) is 31.2 Å². The Hall–Kier alpha value is -2.53. The van der Waals surface area contributed by atoms with Crippen molar-refractivity contribution in [3.05, 3.63) is 59.7 Å². The van der Waals surface area contributed by atoms with E-state index in [1.54, 1.807) is 0 Å². The lowest BCUT2D eigenvalue weighted by atomic mass is 9.78. The van der Waals surface area contributed by atoms with Crippen molar-refractivity contribution in [2.45, 2.75) is 50.6 Å². The zero-order chi connectivity index (χ0) is 21.2. The van der Waals surface area contributed by atoms with Gasteiger partial charge in [-0.1, -0.05) is 36.4 Å². The maximum atomic E-state index is 13.5. The second-order valence-corrected chi connectivity index (χ2v) is 8.68. The molecule has 0 spiro atoms. The monoisotopic (exact) mass is 421 g/mol. The Morgan fingerprint density at radius 2 is 1.61 bits per heavy atom. The van der Waals surface area contributed by atoms with Crippen molar-refractivity contribution < 1.29 is 19.0 Å². The van der Waals surface area contributed by atoms with Gasteiger partial charge in [0.2, 0.25) is 0 Å². The number of hydrogen-bond donors (Lipinski definition) is 0. The Kier molecular flexibility index (Phi) is 5.86. The lowest BCUT2D eigenvalue weighted by Crippen LogP contribution is -2.30. The van der Waals surface area contributed by atoms with Crippen LogP contribution in [-0.4, -0.2) is 43.3 Å². The third-order valence-electron chi connectivity index (χ3n) is 6.97. The number of hydrogen-bond acceptors (Lipinski definition) is 5. The molecule has 4 atom stereocenters. The zero-order valence-electron chi connectivity index (χ0n) is 18.2. The first-order valence-electron chi connectivity index (χ1n) is 11.7. The van der Waals surface area contributed by atoms with Crippen LogP contribution in [0.3, 0.4) is 0 Å². The number of esters is 1. The second-order valence-electron chi connectivity index (χ2n) is 8.68. The molecule has 3 aliphatic heterocycles. The van der Waals surface area contributed by atoms with Gasteiger partial charge in [0.05, 0.1) is 31.8 Å². The second kappa shape index (κ2) is 8.91. The summed E-state index contributed by atoms with van der Waals surface area (Å²) >= 11 is 0. The van der Waals surface area contributed by atoms with Crippen LogP contribution in [0.2, 0.25) is 0 Å². The minimum Gasteiger partial charge on any atom is -0.493 e. The molecule has 164 valence electrons. The predicted molar refractivity (Wildman–Crippen MR) is 118 cm³/mol. The molecule has 5 nitrogen and oxygen atoms in total. The van der Waals surface area contributed by atoms with Gasteiger partial charge in [0, 0.05) is 17.5 Å². The molecular formula is C26H31NO4. The number of benzene rings is 2. The quantitative estimate of drug-likeness (QED) is 0.657. The maximum absolute atomic E-state index is 13.5. The van der Waals surface area contributed by atoms with Crippen molar-refractivity contribution in [2.24, 2.45) is 5.92 Å². The van der Waals surface area contributed by atoms with E-state index in [2.05, 4.69) is 29.2 Å². The highest BCUT2D eigenvalue weighted by Crippen LogP contribution is 2.56. The highest BCUT2D eigenvalue weighted by atomic mass is 16.5. The van der Waals surface area contributed by atoms with Gasteiger partial charge in [0.15, 0.2) is 0 Å². The molecule has 0 aliphatic carbocycles. The fourth-order valence-electron chi connectivity index (χ4n) is 5.79. The normalized spacial score (nSPS) is 27.9. The first kappa shape index (κ1) is 20.4. The topological polar surface area (TPSA) is 48.0 Å². The molecule has 2 aromatic carbocycles. The molecule has 3 aliphatic rings. The van der Waals surface area contributed by atoms with Crippen LogP contribution >= 0.6 is 0 Å². The maximum Gasteiger partial charge on any atom is 0.311 e. The summed E-state index contributed by atoms with van der Waals surface area (Å²) in [5.74, 6) is 1.42. The number of carbonyl (C=O) groups is 1. The Morgan fingerprint density at radius 1 is 0.968 bits per heavy atom. The van der Waals surface area contributed by atoms with Crippen molar-refractivity contribution in [1.29, 1.82) is 0 Å². The largest absolute Gasteiger partial charge is 0.493 e. The lowest BCUT2D eigenvalue weighted by Gasteiger charge is -2.28. The Labute approximate surface area is 184 Å². The molecule has 0 aromatic heterocycles. The zero-order valence-corrected chi connectivity index (χ0v) is 18.2. The van der Waals surface area contributed by atoms with E-state index in [1.165, 1.54) is 0 Å². The third kappa shape index (κ3) is 3.69. The molecule has 5 heteroatoms. The number of para-hydroxylation sites is 2. The van der Waals surface area contributed by atoms with Crippen LogP contribution in [0.4, 0.5) is 0 Å². The summed E-state index contributed by atoms with van der Waals surface area (Å²) in [7, 11) is 0. The molecule has 5 rings (SSSR count). The lowest BCUT2D eigenvalue weighted by molar-refractivity contribution is -0.149. The molecule has 2 fully saturated rings. The average molecular weight is 422 g/mol. The van der Waals surface area contributed by atoms with Gasteiger partial charge in [0.25, 0.3) is 0 Å². The van der Waals surface area contributed by atoms with Gasteiger partial charge >= 0.3 is 5.97 Å². The number of fused-ring (bicyclic) bond motifs is 9. The molecule has 2 bridgehead atoms. The molecule has 3 heterocycles. The Bertz CT molecular complexity index is 864. The van der Waals surface area contributed by atoms with E-state index >= 15 is 0 Å². The summed E-state index contributed by atoms with van der Waals surface area (Å²) in [5, 5.41) is 0. The average Bonchev–Trinajstić information content (AvgIpc) is 3.37. The summed E-state index contributed by atoms with van der Waals surface area (Å²) < 4.78 is 18.1. The summed E-state index contributed by atoms with van der Waals surface area (Å²) in [6.07, 6.45) is 4.08. The molecule has 0 amide bonds. The molecule has 0 saturated carbocycles. The van der Waals surface area contributed by atoms with Gasteiger partial charge in [-0.2, -0.15) is 0 Å². The predicted octanol–water partition coefficient (Wildman–Crippen LogP) is 4.72. The van der Waals surface area contributed by atoms with Crippen LogP contribution < -0.4 is 9.47 Å². The molecule has 2 saturated heterocycles. The van der Waals surface area contributed by atoms with Crippen LogP contribution in [0, 0.1) is 5.92 Å². The molecule has 2 aromatic rings. The van der Waals surface area contributed by atoms with E-state index in [4.69, 9.17) is 14.2 Å². The fraction of sp³-hybridized carbons (Fsp3) is 0.500. The SMILES string of the molecule is CCOC(=O)[C@@H]1[C@H]2c3ccccc3OCCCCOc3ccccc3[C@H]1N1CCC[C@@H]21. The van der Waals surface area contributed by atoms with Gasteiger partial charge in [0.1, 0.15) is 11.5 Å².